The molecule has 2 N–H and O–H groups in total. The number of hydrogen-bond acceptors (Lipinski definition) is 2. The molecule has 1 aromatic carbocycles. The molecule has 1 atom stereocenters. The van der Waals surface area contributed by atoms with Crippen molar-refractivity contribution in [3.05, 3.63) is 40.5 Å². The third-order valence-corrected chi connectivity index (χ3v) is 2.85. The summed E-state index contributed by atoms with van der Waals surface area (Å²) in [5, 5.41) is 1.12. The first-order valence-corrected chi connectivity index (χ1v) is 5.27. The lowest BCUT2D eigenvalue weighted by atomic mass is 10.1. The monoisotopic (exact) mass is 250 g/mol. The molecule has 1 unspecified atom stereocenters. The third kappa shape index (κ3) is 1.65. The molecule has 2 rings (SSSR count). The molecule has 0 aliphatic heterocycles. The fourth-order valence-electron chi connectivity index (χ4n) is 1.39. The van der Waals surface area contributed by atoms with Crippen LogP contribution in [-0.2, 0) is 0 Å². The molecule has 0 fully saturated rings. The first-order valence-electron chi connectivity index (χ1n) is 4.48. The van der Waals surface area contributed by atoms with E-state index in [1.807, 2.05) is 31.3 Å². The average Bonchev–Trinajstić information content (AvgIpc) is 2.17. The first kappa shape index (κ1) is 9.62. The Balaban J connectivity index is 2.67. The fourth-order valence-corrected chi connectivity index (χ4v) is 1.87. The number of aromatic nitrogens is 1. The Bertz CT molecular complexity index is 466. The molecule has 0 amide bonds. The molecule has 3 heteroatoms. The molecule has 14 heavy (non-hydrogen) atoms. The zero-order chi connectivity index (χ0) is 10.1. The number of nitrogens with two attached hydrogens (primary N) is 1. The zero-order valence-corrected chi connectivity index (χ0v) is 9.45. The molecule has 72 valence electrons. The van der Waals surface area contributed by atoms with E-state index in [1.165, 1.54) is 0 Å². The van der Waals surface area contributed by atoms with Crippen molar-refractivity contribution >= 4 is 26.8 Å². The van der Waals surface area contributed by atoms with E-state index in [1.54, 1.807) is 0 Å². The minimum atomic E-state index is 0.0332. The van der Waals surface area contributed by atoms with E-state index in [9.17, 15) is 0 Å². The van der Waals surface area contributed by atoms with E-state index in [0.717, 1.165) is 20.9 Å². The number of hydrogen-bond donors (Lipinski definition) is 1. The van der Waals surface area contributed by atoms with Gasteiger partial charge in [0.15, 0.2) is 0 Å². The van der Waals surface area contributed by atoms with Gasteiger partial charge in [0.05, 0.1) is 5.52 Å². The molecule has 0 aliphatic carbocycles. The van der Waals surface area contributed by atoms with Gasteiger partial charge in [0.25, 0.3) is 0 Å². The lowest BCUT2D eigenvalue weighted by molar-refractivity contribution is 0.814. The number of pyridine rings is 1. The topological polar surface area (TPSA) is 38.9 Å². The summed E-state index contributed by atoms with van der Waals surface area (Å²) in [7, 11) is 0. The van der Waals surface area contributed by atoms with Gasteiger partial charge < -0.3 is 5.73 Å². The SMILES string of the molecule is CC(N)c1cnc2c(Br)cccc2c1. The predicted octanol–water partition coefficient (Wildman–Crippen LogP) is 3.02. The molecule has 0 saturated carbocycles. The van der Waals surface area contributed by atoms with Crippen LogP contribution in [0, 0.1) is 0 Å². The first-order chi connectivity index (χ1) is 6.68. The number of rotatable bonds is 1. The van der Waals surface area contributed by atoms with Crippen LogP contribution in [0.1, 0.15) is 18.5 Å². The van der Waals surface area contributed by atoms with Crippen LogP contribution in [0.5, 0.6) is 0 Å². The minimum absolute atomic E-state index is 0.0332. The number of nitrogens with zero attached hydrogens (tertiary/aromatic N) is 1. The normalized spacial score (nSPS) is 13.1. The van der Waals surface area contributed by atoms with Gasteiger partial charge in [-0.2, -0.15) is 0 Å². The largest absolute Gasteiger partial charge is 0.324 e. The molecule has 1 aromatic heterocycles. The summed E-state index contributed by atoms with van der Waals surface area (Å²) in [4.78, 5) is 4.38. The van der Waals surface area contributed by atoms with E-state index >= 15 is 0 Å². The second-order valence-electron chi connectivity index (χ2n) is 3.37. The summed E-state index contributed by atoms with van der Waals surface area (Å²) in [6.45, 7) is 1.96. The van der Waals surface area contributed by atoms with Crippen molar-refractivity contribution in [2.24, 2.45) is 5.73 Å². The van der Waals surface area contributed by atoms with Gasteiger partial charge in [0.2, 0.25) is 0 Å². The van der Waals surface area contributed by atoms with Gasteiger partial charge in [-0.25, -0.2) is 0 Å². The van der Waals surface area contributed by atoms with E-state index in [2.05, 4.69) is 27.0 Å². The van der Waals surface area contributed by atoms with Crippen molar-refractivity contribution in [2.75, 3.05) is 0 Å². The van der Waals surface area contributed by atoms with Crippen LogP contribution in [-0.4, -0.2) is 4.98 Å². The maximum atomic E-state index is 5.79. The lowest BCUT2D eigenvalue weighted by Gasteiger charge is -2.06. The fraction of sp³-hybridized carbons (Fsp3) is 0.182. The number of fused-ring (bicyclic) bond motifs is 1. The Labute approximate surface area is 91.3 Å². The van der Waals surface area contributed by atoms with E-state index in [0.29, 0.717) is 0 Å². The van der Waals surface area contributed by atoms with Gasteiger partial charge in [-0.1, -0.05) is 12.1 Å². The number of halogens is 1. The second-order valence-corrected chi connectivity index (χ2v) is 4.22. The highest BCUT2D eigenvalue weighted by molar-refractivity contribution is 9.10. The Morgan fingerprint density at radius 3 is 2.93 bits per heavy atom. The minimum Gasteiger partial charge on any atom is -0.324 e. The third-order valence-electron chi connectivity index (χ3n) is 2.21. The van der Waals surface area contributed by atoms with Gasteiger partial charge in [-0.15, -0.1) is 0 Å². The molecule has 2 aromatic rings. The van der Waals surface area contributed by atoms with Crippen molar-refractivity contribution < 1.29 is 0 Å². The highest BCUT2D eigenvalue weighted by Gasteiger charge is 2.03. The van der Waals surface area contributed by atoms with Crippen LogP contribution in [0.4, 0.5) is 0 Å². The van der Waals surface area contributed by atoms with Crippen LogP contribution in [0.15, 0.2) is 34.9 Å². The second kappa shape index (κ2) is 3.67. The van der Waals surface area contributed by atoms with Crippen molar-refractivity contribution in [1.29, 1.82) is 0 Å². The standard InChI is InChI=1S/C11H11BrN2/c1-7(13)9-5-8-3-2-4-10(12)11(8)14-6-9/h2-7H,13H2,1H3. The van der Waals surface area contributed by atoms with Gasteiger partial charge >= 0.3 is 0 Å². The maximum Gasteiger partial charge on any atom is 0.0844 e. The Morgan fingerprint density at radius 2 is 2.21 bits per heavy atom. The molecule has 0 aliphatic rings. The summed E-state index contributed by atoms with van der Waals surface area (Å²) in [6, 6.07) is 8.14. The molecule has 0 bridgehead atoms. The van der Waals surface area contributed by atoms with Gasteiger partial charge in [-0.05, 0) is 40.5 Å². The molecular formula is C11H11BrN2. The zero-order valence-electron chi connectivity index (χ0n) is 7.87. The van der Waals surface area contributed by atoms with E-state index in [-0.39, 0.29) is 6.04 Å². The average molecular weight is 251 g/mol. The highest BCUT2D eigenvalue weighted by Crippen LogP contribution is 2.23. The molecular weight excluding hydrogens is 240 g/mol. The van der Waals surface area contributed by atoms with Gasteiger partial charge in [0, 0.05) is 22.1 Å². The Kier molecular flexibility index (Phi) is 2.52. The summed E-state index contributed by atoms with van der Waals surface area (Å²) in [5.41, 5.74) is 7.84. The summed E-state index contributed by atoms with van der Waals surface area (Å²) in [6.07, 6.45) is 1.83. The van der Waals surface area contributed by atoms with Crippen LogP contribution in [0.25, 0.3) is 10.9 Å². The van der Waals surface area contributed by atoms with E-state index < -0.39 is 0 Å². The predicted molar refractivity (Wildman–Crippen MR) is 62.0 cm³/mol. The Morgan fingerprint density at radius 1 is 1.43 bits per heavy atom. The summed E-state index contributed by atoms with van der Waals surface area (Å²) in [5.74, 6) is 0. The highest BCUT2D eigenvalue weighted by atomic mass is 79.9. The Hall–Kier alpha value is -0.930. The quantitative estimate of drug-likeness (QED) is 0.846. The van der Waals surface area contributed by atoms with Crippen molar-refractivity contribution in [1.82, 2.24) is 4.98 Å². The van der Waals surface area contributed by atoms with Gasteiger partial charge in [0.1, 0.15) is 0 Å². The molecule has 1 heterocycles. The summed E-state index contributed by atoms with van der Waals surface area (Å²) >= 11 is 3.46. The molecule has 0 saturated heterocycles. The maximum absolute atomic E-state index is 5.79. The lowest BCUT2D eigenvalue weighted by Crippen LogP contribution is -2.05. The van der Waals surface area contributed by atoms with Crippen LogP contribution >= 0.6 is 15.9 Å². The van der Waals surface area contributed by atoms with Crippen molar-refractivity contribution in [2.45, 2.75) is 13.0 Å². The van der Waals surface area contributed by atoms with Crippen molar-refractivity contribution in [3.63, 3.8) is 0 Å². The van der Waals surface area contributed by atoms with Crippen LogP contribution in [0.2, 0.25) is 0 Å². The smallest absolute Gasteiger partial charge is 0.0844 e. The molecule has 0 radical (unpaired) electrons. The molecule has 2 nitrogen and oxygen atoms in total. The molecule has 0 spiro atoms. The number of para-hydroxylation sites is 1. The van der Waals surface area contributed by atoms with Crippen molar-refractivity contribution in [3.8, 4) is 0 Å². The number of benzene rings is 1. The van der Waals surface area contributed by atoms with E-state index in [4.69, 9.17) is 5.73 Å². The van der Waals surface area contributed by atoms with Crippen LogP contribution < -0.4 is 5.73 Å². The van der Waals surface area contributed by atoms with Gasteiger partial charge in [-0.3, -0.25) is 4.98 Å². The van der Waals surface area contributed by atoms with Crippen LogP contribution in [0.3, 0.4) is 0 Å². The summed E-state index contributed by atoms with van der Waals surface area (Å²) < 4.78 is 1.02.